The minimum Gasteiger partial charge on any atom is -0.481 e. The summed E-state index contributed by atoms with van der Waals surface area (Å²) in [6.45, 7) is 2.61. The predicted molar refractivity (Wildman–Crippen MR) is 73.0 cm³/mol. The average molecular weight is 282 g/mol. The number of carbonyl (C=O) groups is 1. The minimum atomic E-state index is -0.790. The van der Waals surface area contributed by atoms with Gasteiger partial charge in [0.15, 0.2) is 0 Å². The molecule has 2 aromatic heterocycles. The molecular weight excluding hydrogens is 268 g/mol. The number of rotatable bonds is 6. The summed E-state index contributed by atoms with van der Waals surface area (Å²) in [4.78, 5) is 17.2. The lowest BCUT2D eigenvalue weighted by molar-refractivity contribution is -0.137. The Labute approximate surface area is 113 Å². The lowest BCUT2D eigenvalue weighted by Crippen LogP contribution is -2.22. The number of aryl methyl sites for hydroxylation is 1. The van der Waals surface area contributed by atoms with E-state index in [2.05, 4.69) is 10.3 Å². The standard InChI is InChI=1S/C12H14N2O2S2/c1-8-13-6-9(18-8)7-14-10(5-12(15)16)11-3-2-4-17-11/h2-4,6,10,14H,5,7H2,1H3,(H,15,16). The molecule has 1 atom stereocenters. The van der Waals surface area contributed by atoms with E-state index in [1.54, 1.807) is 22.7 Å². The van der Waals surface area contributed by atoms with Crippen LogP contribution in [0.1, 0.15) is 27.2 Å². The van der Waals surface area contributed by atoms with Gasteiger partial charge in [-0.1, -0.05) is 6.07 Å². The first-order valence-corrected chi connectivity index (χ1v) is 7.24. The fourth-order valence-electron chi connectivity index (χ4n) is 1.65. The van der Waals surface area contributed by atoms with Gasteiger partial charge >= 0.3 is 5.97 Å². The van der Waals surface area contributed by atoms with Gasteiger partial charge in [0.25, 0.3) is 0 Å². The largest absolute Gasteiger partial charge is 0.481 e. The van der Waals surface area contributed by atoms with Gasteiger partial charge in [-0.25, -0.2) is 4.98 Å². The van der Waals surface area contributed by atoms with Crippen LogP contribution in [-0.4, -0.2) is 16.1 Å². The van der Waals surface area contributed by atoms with Crippen LogP contribution in [0.4, 0.5) is 0 Å². The number of nitrogens with zero attached hydrogens (tertiary/aromatic N) is 1. The summed E-state index contributed by atoms with van der Waals surface area (Å²) in [7, 11) is 0. The van der Waals surface area contributed by atoms with E-state index in [9.17, 15) is 4.79 Å². The molecule has 0 saturated heterocycles. The van der Waals surface area contributed by atoms with Gasteiger partial charge in [-0.3, -0.25) is 4.79 Å². The van der Waals surface area contributed by atoms with Crippen LogP contribution in [0.2, 0.25) is 0 Å². The quantitative estimate of drug-likeness (QED) is 0.855. The number of aliphatic carboxylic acids is 1. The normalized spacial score (nSPS) is 12.5. The van der Waals surface area contributed by atoms with Gasteiger partial charge in [-0.2, -0.15) is 0 Å². The van der Waals surface area contributed by atoms with E-state index in [0.29, 0.717) is 6.54 Å². The first-order chi connectivity index (χ1) is 8.65. The molecule has 2 aromatic rings. The Morgan fingerprint density at radius 1 is 1.61 bits per heavy atom. The number of carboxylic acids is 1. The zero-order valence-electron chi connectivity index (χ0n) is 9.92. The minimum absolute atomic E-state index is 0.0955. The van der Waals surface area contributed by atoms with E-state index in [1.165, 1.54) is 0 Å². The fraction of sp³-hybridized carbons (Fsp3) is 0.333. The number of thiazole rings is 1. The first-order valence-electron chi connectivity index (χ1n) is 5.55. The van der Waals surface area contributed by atoms with Gasteiger partial charge < -0.3 is 10.4 Å². The summed E-state index contributed by atoms with van der Waals surface area (Å²) in [6, 6.07) is 3.77. The Balaban J connectivity index is 1.99. The van der Waals surface area contributed by atoms with E-state index in [0.717, 1.165) is 14.8 Å². The maximum atomic E-state index is 10.9. The van der Waals surface area contributed by atoms with Crippen molar-refractivity contribution in [3.63, 3.8) is 0 Å². The molecule has 96 valence electrons. The molecule has 0 radical (unpaired) electrons. The zero-order chi connectivity index (χ0) is 13.0. The second kappa shape index (κ2) is 6.08. The first kappa shape index (κ1) is 13.2. The van der Waals surface area contributed by atoms with Crippen molar-refractivity contribution in [2.75, 3.05) is 0 Å². The highest BCUT2D eigenvalue weighted by Gasteiger charge is 2.16. The summed E-state index contributed by atoms with van der Waals surface area (Å²) in [6.07, 6.45) is 1.93. The Kier molecular flexibility index (Phi) is 4.46. The average Bonchev–Trinajstić information content (AvgIpc) is 2.94. The highest BCUT2D eigenvalue weighted by molar-refractivity contribution is 7.11. The molecule has 0 saturated carbocycles. The molecule has 0 spiro atoms. The highest BCUT2D eigenvalue weighted by Crippen LogP contribution is 2.23. The van der Waals surface area contributed by atoms with Crippen LogP contribution < -0.4 is 5.32 Å². The molecule has 18 heavy (non-hydrogen) atoms. The second-order valence-electron chi connectivity index (χ2n) is 3.89. The Morgan fingerprint density at radius 2 is 2.44 bits per heavy atom. The van der Waals surface area contributed by atoms with Crippen molar-refractivity contribution in [1.82, 2.24) is 10.3 Å². The maximum Gasteiger partial charge on any atom is 0.305 e. The summed E-state index contributed by atoms with van der Waals surface area (Å²) >= 11 is 3.20. The molecule has 0 bridgehead atoms. The fourth-order valence-corrected chi connectivity index (χ4v) is 3.20. The Bertz CT molecular complexity index is 508. The highest BCUT2D eigenvalue weighted by atomic mass is 32.1. The van der Waals surface area contributed by atoms with E-state index < -0.39 is 5.97 Å². The van der Waals surface area contributed by atoms with Gasteiger partial charge in [0.2, 0.25) is 0 Å². The summed E-state index contributed by atoms with van der Waals surface area (Å²) in [5.74, 6) is -0.790. The molecule has 0 aliphatic carbocycles. The van der Waals surface area contributed by atoms with Crippen molar-refractivity contribution in [3.05, 3.63) is 38.5 Å². The summed E-state index contributed by atoms with van der Waals surface area (Å²) in [5, 5.41) is 15.2. The molecule has 0 aromatic carbocycles. The lowest BCUT2D eigenvalue weighted by atomic mass is 10.1. The van der Waals surface area contributed by atoms with Crippen LogP contribution in [0, 0.1) is 6.92 Å². The Morgan fingerprint density at radius 3 is 3.00 bits per heavy atom. The van der Waals surface area contributed by atoms with E-state index in [1.807, 2.05) is 30.6 Å². The molecule has 0 amide bonds. The van der Waals surface area contributed by atoms with Crippen LogP contribution in [0.15, 0.2) is 23.7 Å². The third-order valence-corrected chi connectivity index (χ3v) is 4.36. The Hall–Kier alpha value is -1.24. The molecular formula is C12H14N2O2S2. The zero-order valence-corrected chi connectivity index (χ0v) is 11.6. The van der Waals surface area contributed by atoms with Crippen molar-refractivity contribution >= 4 is 28.6 Å². The third kappa shape index (κ3) is 3.63. The number of thiophene rings is 1. The maximum absolute atomic E-state index is 10.9. The van der Waals surface area contributed by atoms with Gasteiger partial charge in [0.1, 0.15) is 0 Å². The van der Waals surface area contributed by atoms with Crippen LogP contribution in [0.25, 0.3) is 0 Å². The molecule has 0 aliphatic heterocycles. The third-order valence-electron chi connectivity index (χ3n) is 2.46. The van der Waals surface area contributed by atoms with Crippen molar-refractivity contribution in [2.24, 2.45) is 0 Å². The van der Waals surface area contributed by atoms with E-state index >= 15 is 0 Å². The number of carboxylic acid groups (broad SMARTS) is 1. The topological polar surface area (TPSA) is 62.2 Å². The monoisotopic (exact) mass is 282 g/mol. The van der Waals surface area contributed by atoms with Crippen molar-refractivity contribution in [3.8, 4) is 0 Å². The number of hydrogen-bond donors (Lipinski definition) is 2. The molecule has 6 heteroatoms. The van der Waals surface area contributed by atoms with Crippen molar-refractivity contribution in [2.45, 2.75) is 25.9 Å². The van der Waals surface area contributed by atoms with Crippen LogP contribution in [-0.2, 0) is 11.3 Å². The smallest absolute Gasteiger partial charge is 0.305 e. The SMILES string of the molecule is Cc1ncc(CNC(CC(=O)O)c2cccs2)s1. The molecule has 2 N–H and O–H groups in total. The lowest BCUT2D eigenvalue weighted by Gasteiger charge is -2.14. The number of nitrogens with one attached hydrogen (secondary N) is 1. The van der Waals surface area contributed by atoms with Crippen molar-refractivity contribution in [1.29, 1.82) is 0 Å². The van der Waals surface area contributed by atoms with E-state index in [4.69, 9.17) is 5.11 Å². The molecule has 4 nitrogen and oxygen atoms in total. The molecule has 2 rings (SSSR count). The molecule has 1 unspecified atom stereocenters. The van der Waals surface area contributed by atoms with Crippen molar-refractivity contribution < 1.29 is 9.90 Å². The number of aromatic nitrogens is 1. The molecule has 0 aliphatic rings. The predicted octanol–water partition coefficient (Wildman–Crippen LogP) is 2.82. The second-order valence-corrected chi connectivity index (χ2v) is 6.19. The molecule has 2 heterocycles. The van der Waals surface area contributed by atoms with Gasteiger partial charge in [-0.15, -0.1) is 22.7 Å². The van der Waals surface area contributed by atoms with Crippen LogP contribution in [0.5, 0.6) is 0 Å². The van der Waals surface area contributed by atoms with Gasteiger partial charge in [-0.05, 0) is 18.4 Å². The number of hydrogen-bond acceptors (Lipinski definition) is 5. The van der Waals surface area contributed by atoms with Crippen LogP contribution in [0.3, 0.4) is 0 Å². The van der Waals surface area contributed by atoms with Crippen LogP contribution >= 0.6 is 22.7 Å². The van der Waals surface area contributed by atoms with E-state index in [-0.39, 0.29) is 12.5 Å². The molecule has 0 fully saturated rings. The summed E-state index contributed by atoms with van der Waals surface area (Å²) < 4.78 is 0. The van der Waals surface area contributed by atoms with Gasteiger partial charge in [0, 0.05) is 22.5 Å². The summed E-state index contributed by atoms with van der Waals surface area (Å²) in [5.41, 5.74) is 0. The van der Waals surface area contributed by atoms with Gasteiger partial charge in [0.05, 0.1) is 17.5 Å².